The predicted molar refractivity (Wildman–Crippen MR) is 63.4 cm³/mol. The Balaban J connectivity index is 2.66. The molecule has 0 aliphatic heterocycles. The van der Waals surface area contributed by atoms with Gasteiger partial charge >= 0.3 is 0 Å². The van der Waals surface area contributed by atoms with Gasteiger partial charge in [0, 0.05) is 6.54 Å². The summed E-state index contributed by atoms with van der Waals surface area (Å²) in [5.41, 5.74) is -0.972. The van der Waals surface area contributed by atoms with Crippen molar-refractivity contribution in [3.8, 4) is 0 Å². The Morgan fingerprint density at radius 3 is 1.84 bits per heavy atom. The lowest BCUT2D eigenvalue weighted by Crippen LogP contribution is -2.10. The molecule has 0 radical (unpaired) electrons. The van der Waals surface area contributed by atoms with E-state index in [1.807, 2.05) is 0 Å². The molecule has 0 amide bonds. The minimum Gasteiger partial charge on any atom is -0.380 e. The first-order valence-corrected chi connectivity index (χ1v) is 5.86. The molecular formula is C13H14F5N. The molecule has 0 saturated carbocycles. The van der Waals surface area contributed by atoms with E-state index in [1.165, 1.54) is 0 Å². The fourth-order valence-electron chi connectivity index (χ4n) is 1.56. The van der Waals surface area contributed by atoms with Crippen molar-refractivity contribution in [3.05, 3.63) is 41.7 Å². The summed E-state index contributed by atoms with van der Waals surface area (Å²) in [5, 5.41) is 2.24. The van der Waals surface area contributed by atoms with E-state index in [1.54, 1.807) is 6.08 Å². The summed E-state index contributed by atoms with van der Waals surface area (Å²) >= 11 is 0. The molecule has 0 heterocycles. The van der Waals surface area contributed by atoms with Crippen molar-refractivity contribution in [2.24, 2.45) is 0 Å². The molecule has 0 fully saturated rings. The van der Waals surface area contributed by atoms with Gasteiger partial charge in [0.1, 0.15) is 5.69 Å². The third-order valence-corrected chi connectivity index (χ3v) is 2.60. The SMILES string of the molecule is C=CCCCCCNc1c(F)c(F)c(F)c(F)c1F. The van der Waals surface area contributed by atoms with Crippen molar-refractivity contribution in [3.63, 3.8) is 0 Å². The molecule has 0 saturated heterocycles. The minimum absolute atomic E-state index is 0.134. The molecule has 1 rings (SSSR count). The first-order chi connectivity index (χ1) is 9.00. The van der Waals surface area contributed by atoms with Crippen molar-refractivity contribution in [2.45, 2.75) is 25.7 Å². The second kappa shape index (κ2) is 7.11. The van der Waals surface area contributed by atoms with E-state index < -0.39 is 34.8 Å². The Morgan fingerprint density at radius 2 is 1.32 bits per heavy atom. The Hall–Kier alpha value is -1.59. The van der Waals surface area contributed by atoms with Gasteiger partial charge in [-0.25, -0.2) is 22.0 Å². The second-order valence-electron chi connectivity index (χ2n) is 4.01. The van der Waals surface area contributed by atoms with Crippen LogP contribution >= 0.6 is 0 Å². The number of rotatable bonds is 7. The maximum atomic E-state index is 13.2. The summed E-state index contributed by atoms with van der Waals surface area (Å²) in [6, 6.07) is 0. The first kappa shape index (κ1) is 15.5. The van der Waals surface area contributed by atoms with Gasteiger partial charge in [-0.05, 0) is 19.3 Å². The summed E-state index contributed by atoms with van der Waals surface area (Å²) in [6.07, 6.45) is 4.77. The van der Waals surface area contributed by atoms with Gasteiger partial charge < -0.3 is 5.32 Å². The molecule has 19 heavy (non-hydrogen) atoms. The van der Waals surface area contributed by atoms with Gasteiger partial charge in [0.25, 0.3) is 0 Å². The Kier molecular flexibility index (Phi) is 5.79. The number of nitrogens with one attached hydrogen (secondary N) is 1. The van der Waals surface area contributed by atoms with Crippen molar-refractivity contribution >= 4 is 5.69 Å². The molecular weight excluding hydrogens is 265 g/mol. The predicted octanol–water partition coefficient (Wildman–Crippen LogP) is 4.54. The van der Waals surface area contributed by atoms with Gasteiger partial charge in [-0.15, -0.1) is 6.58 Å². The van der Waals surface area contributed by atoms with Crippen molar-refractivity contribution in [2.75, 3.05) is 11.9 Å². The number of anilines is 1. The molecule has 0 aliphatic rings. The molecule has 1 aromatic rings. The molecule has 106 valence electrons. The molecule has 0 aliphatic carbocycles. The van der Waals surface area contributed by atoms with Gasteiger partial charge in [0.15, 0.2) is 23.3 Å². The summed E-state index contributed by atoms with van der Waals surface area (Å²) < 4.78 is 65.0. The van der Waals surface area contributed by atoms with Crippen LogP contribution < -0.4 is 5.32 Å². The van der Waals surface area contributed by atoms with E-state index in [9.17, 15) is 22.0 Å². The van der Waals surface area contributed by atoms with E-state index in [4.69, 9.17) is 0 Å². The zero-order valence-corrected chi connectivity index (χ0v) is 10.2. The summed E-state index contributed by atoms with van der Waals surface area (Å²) in [7, 11) is 0. The standard InChI is InChI=1S/C13H14F5N/c1-2-3-4-5-6-7-19-13-11(17)9(15)8(14)10(16)12(13)18/h2,19H,1,3-7H2. The lowest BCUT2D eigenvalue weighted by molar-refractivity contribution is 0.381. The lowest BCUT2D eigenvalue weighted by atomic mass is 10.2. The van der Waals surface area contributed by atoms with E-state index in [-0.39, 0.29) is 6.54 Å². The fraction of sp³-hybridized carbons (Fsp3) is 0.385. The van der Waals surface area contributed by atoms with Crippen molar-refractivity contribution in [1.82, 2.24) is 0 Å². The molecule has 1 N–H and O–H groups in total. The zero-order valence-electron chi connectivity index (χ0n) is 10.2. The molecule has 0 spiro atoms. The van der Waals surface area contributed by atoms with Gasteiger partial charge in [0.2, 0.25) is 5.82 Å². The zero-order chi connectivity index (χ0) is 14.4. The molecule has 0 aromatic heterocycles. The maximum absolute atomic E-state index is 13.2. The van der Waals surface area contributed by atoms with Crippen LogP contribution in [0.5, 0.6) is 0 Å². The highest BCUT2D eigenvalue weighted by Gasteiger charge is 2.25. The largest absolute Gasteiger partial charge is 0.380 e. The topological polar surface area (TPSA) is 12.0 Å². The Bertz CT molecular complexity index is 430. The smallest absolute Gasteiger partial charge is 0.200 e. The average molecular weight is 279 g/mol. The number of benzene rings is 1. The molecule has 6 heteroatoms. The Labute approximate surface area is 108 Å². The monoisotopic (exact) mass is 279 g/mol. The molecule has 0 atom stereocenters. The third kappa shape index (κ3) is 3.68. The molecule has 0 bridgehead atoms. The highest BCUT2D eigenvalue weighted by Crippen LogP contribution is 2.27. The van der Waals surface area contributed by atoms with Crippen LogP contribution in [0, 0.1) is 29.1 Å². The summed E-state index contributed by atoms with van der Waals surface area (Å²) in [6.45, 7) is 3.68. The quantitative estimate of drug-likeness (QED) is 0.254. The second-order valence-corrected chi connectivity index (χ2v) is 4.01. The number of unbranched alkanes of at least 4 members (excludes halogenated alkanes) is 3. The number of allylic oxidation sites excluding steroid dienone is 1. The average Bonchev–Trinajstić information content (AvgIpc) is 2.41. The van der Waals surface area contributed by atoms with Crippen molar-refractivity contribution in [1.29, 1.82) is 0 Å². The van der Waals surface area contributed by atoms with E-state index in [0.29, 0.717) is 6.42 Å². The van der Waals surface area contributed by atoms with Gasteiger partial charge in [-0.2, -0.15) is 0 Å². The summed E-state index contributed by atoms with van der Waals surface area (Å²) in [5.74, 6) is -9.68. The van der Waals surface area contributed by atoms with Gasteiger partial charge in [-0.3, -0.25) is 0 Å². The van der Waals surface area contributed by atoms with Crippen LogP contribution in [0.3, 0.4) is 0 Å². The van der Waals surface area contributed by atoms with Crippen molar-refractivity contribution < 1.29 is 22.0 Å². The van der Waals surface area contributed by atoms with E-state index in [2.05, 4.69) is 11.9 Å². The number of hydrogen-bond acceptors (Lipinski definition) is 1. The van der Waals surface area contributed by atoms with E-state index in [0.717, 1.165) is 19.3 Å². The van der Waals surface area contributed by atoms with Crippen LogP contribution in [0.4, 0.5) is 27.6 Å². The fourth-order valence-corrected chi connectivity index (χ4v) is 1.56. The molecule has 0 unspecified atom stereocenters. The lowest BCUT2D eigenvalue weighted by Gasteiger charge is -2.10. The van der Waals surface area contributed by atoms with E-state index >= 15 is 0 Å². The van der Waals surface area contributed by atoms with Crippen LogP contribution in [-0.2, 0) is 0 Å². The van der Waals surface area contributed by atoms with Crippen LogP contribution in [0.25, 0.3) is 0 Å². The highest BCUT2D eigenvalue weighted by atomic mass is 19.2. The van der Waals surface area contributed by atoms with Crippen LogP contribution in [0.2, 0.25) is 0 Å². The minimum atomic E-state index is -2.15. The normalized spacial score (nSPS) is 10.6. The van der Waals surface area contributed by atoms with Crippen LogP contribution in [0.1, 0.15) is 25.7 Å². The van der Waals surface area contributed by atoms with Gasteiger partial charge in [0.05, 0.1) is 0 Å². The third-order valence-electron chi connectivity index (χ3n) is 2.60. The first-order valence-electron chi connectivity index (χ1n) is 5.86. The van der Waals surface area contributed by atoms with Crippen LogP contribution in [-0.4, -0.2) is 6.54 Å². The van der Waals surface area contributed by atoms with Gasteiger partial charge in [-0.1, -0.05) is 12.5 Å². The number of halogens is 5. The molecule has 1 nitrogen and oxygen atoms in total. The van der Waals surface area contributed by atoms with Crippen LogP contribution in [0.15, 0.2) is 12.7 Å². The molecule has 1 aromatic carbocycles. The Morgan fingerprint density at radius 1 is 0.789 bits per heavy atom. The maximum Gasteiger partial charge on any atom is 0.200 e. The summed E-state index contributed by atoms with van der Waals surface area (Å²) in [4.78, 5) is 0. The highest BCUT2D eigenvalue weighted by molar-refractivity contribution is 5.47. The number of hydrogen-bond donors (Lipinski definition) is 1.